The number of hydrogen-bond donors (Lipinski definition) is 1. The second-order valence-corrected chi connectivity index (χ2v) is 6.81. The van der Waals surface area contributed by atoms with Crippen LogP contribution in [0, 0.1) is 11.3 Å². The molecule has 0 spiro atoms. The molecule has 4 heterocycles. The number of carbonyl (C=O) groups is 1. The molecule has 144 valence electrons. The van der Waals surface area contributed by atoms with Crippen LogP contribution in [0.5, 0.6) is 0 Å². The van der Waals surface area contributed by atoms with Crippen molar-refractivity contribution in [3.05, 3.63) is 78.6 Å². The first kappa shape index (κ1) is 17.6. The molecule has 5 aromatic rings. The first-order valence-corrected chi connectivity index (χ1v) is 9.19. The van der Waals surface area contributed by atoms with Gasteiger partial charge in [-0.15, -0.1) is 0 Å². The fourth-order valence-electron chi connectivity index (χ4n) is 3.34. The number of benzene rings is 1. The lowest BCUT2D eigenvalue weighted by molar-refractivity contribution is 0.0988. The second kappa shape index (κ2) is 6.83. The number of pyridine rings is 1. The molecule has 8 nitrogen and oxygen atoms in total. The number of nitriles is 1. The summed E-state index contributed by atoms with van der Waals surface area (Å²) < 4.78 is 1.84. The smallest absolute Gasteiger partial charge is 0.278 e. The average molecular weight is 393 g/mol. The summed E-state index contributed by atoms with van der Waals surface area (Å²) in [5, 5.41) is 9.94. The van der Waals surface area contributed by atoms with E-state index >= 15 is 0 Å². The van der Waals surface area contributed by atoms with Crippen molar-refractivity contribution in [2.45, 2.75) is 0 Å². The minimum absolute atomic E-state index is 0.263. The number of anilines is 1. The number of carbonyl (C=O) groups excluding carboxylic acids is 1. The third kappa shape index (κ3) is 2.86. The Labute approximate surface area is 171 Å². The Kier molecular flexibility index (Phi) is 4.00. The van der Waals surface area contributed by atoms with Crippen LogP contribution in [0.3, 0.4) is 0 Å². The molecule has 0 aliphatic heterocycles. The summed E-state index contributed by atoms with van der Waals surface area (Å²) in [6, 6.07) is 12.9. The van der Waals surface area contributed by atoms with Crippen LogP contribution in [0.1, 0.15) is 16.1 Å². The molecule has 1 aromatic carbocycles. The van der Waals surface area contributed by atoms with E-state index in [-0.39, 0.29) is 11.6 Å². The van der Waals surface area contributed by atoms with Gasteiger partial charge in [-0.25, -0.2) is 15.0 Å². The summed E-state index contributed by atoms with van der Waals surface area (Å²) in [5.41, 5.74) is 4.65. The normalized spacial score (nSPS) is 10.9. The maximum atomic E-state index is 13.0. The maximum absolute atomic E-state index is 13.0. The van der Waals surface area contributed by atoms with Crippen molar-refractivity contribution < 1.29 is 4.79 Å². The lowest BCUT2D eigenvalue weighted by Gasteiger charge is -2.17. The summed E-state index contributed by atoms with van der Waals surface area (Å²) in [5.74, 6) is -0.263. The van der Waals surface area contributed by atoms with E-state index in [0.717, 1.165) is 22.3 Å². The lowest BCUT2D eigenvalue weighted by Crippen LogP contribution is -2.27. The number of nitrogens with zero attached hydrogens (tertiary/aromatic N) is 6. The average Bonchev–Trinajstić information content (AvgIpc) is 3.44. The molecule has 0 radical (unpaired) electrons. The Bertz CT molecular complexity index is 1440. The van der Waals surface area contributed by atoms with E-state index in [1.165, 1.54) is 4.90 Å². The molecule has 1 N–H and O–H groups in total. The fourth-order valence-corrected chi connectivity index (χ4v) is 3.34. The van der Waals surface area contributed by atoms with Crippen LogP contribution in [-0.4, -0.2) is 37.3 Å². The topological polar surface area (TPSA) is 103 Å². The number of fused-ring (bicyclic) bond motifs is 2. The SMILES string of the molecule is CN(C(=O)c1cn2c(-c3cnc4[nH]ccc4c3)cnc2cn1)c1ccc(C#N)cc1. The minimum Gasteiger partial charge on any atom is -0.346 e. The second-order valence-electron chi connectivity index (χ2n) is 6.81. The number of aromatic nitrogens is 5. The van der Waals surface area contributed by atoms with Gasteiger partial charge in [0.25, 0.3) is 5.91 Å². The van der Waals surface area contributed by atoms with Gasteiger partial charge in [0.05, 0.1) is 29.7 Å². The van der Waals surface area contributed by atoms with Crippen LogP contribution < -0.4 is 4.90 Å². The Morgan fingerprint density at radius 1 is 1.10 bits per heavy atom. The van der Waals surface area contributed by atoms with Gasteiger partial charge in [0.2, 0.25) is 0 Å². The predicted molar refractivity (Wildman–Crippen MR) is 112 cm³/mol. The Morgan fingerprint density at radius 2 is 1.93 bits per heavy atom. The summed E-state index contributed by atoms with van der Waals surface area (Å²) in [6.45, 7) is 0. The van der Waals surface area contributed by atoms with Crippen LogP contribution in [0.25, 0.3) is 27.9 Å². The Balaban J connectivity index is 1.53. The number of H-pyrrole nitrogens is 1. The summed E-state index contributed by atoms with van der Waals surface area (Å²) in [6.07, 6.45) is 8.61. The largest absolute Gasteiger partial charge is 0.346 e. The molecule has 0 aliphatic rings. The highest BCUT2D eigenvalue weighted by Crippen LogP contribution is 2.24. The molecular formula is C22H15N7O. The van der Waals surface area contributed by atoms with E-state index in [9.17, 15) is 4.79 Å². The van der Waals surface area contributed by atoms with Gasteiger partial charge in [0.15, 0.2) is 5.65 Å². The van der Waals surface area contributed by atoms with Gasteiger partial charge in [-0.1, -0.05) is 0 Å². The third-order valence-electron chi connectivity index (χ3n) is 5.00. The zero-order valence-electron chi connectivity index (χ0n) is 15.9. The van der Waals surface area contributed by atoms with Crippen LogP contribution >= 0.6 is 0 Å². The highest BCUT2D eigenvalue weighted by molar-refractivity contribution is 6.04. The molecular weight excluding hydrogens is 378 g/mol. The third-order valence-corrected chi connectivity index (χ3v) is 5.00. The standard InChI is InChI=1S/C22H15N7O/c1-28(17-4-2-14(9-23)3-5-17)22(30)18-13-29-19(11-26-20(29)12-25-18)16-8-15-6-7-24-21(15)27-10-16/h2-8,10-13H,1H3,(H,24,27). The highest BCUT2D eigenvalue weighted by atomic mass is 16.2. The monoisotopic (exact) mass is 393 g/mol. The number of imidazole rings is 1. The van der Waals surface area contributed by atoms with Crippen molar-refractivity contribution in [3.8, 4) is 17.3 Å². The molecule has 0 aliphatic carbocycles. The van der Waals surface area contributed by atoms with E-state index in [1.807, 2.05) is 22.7 Å². The Morgan fingerprint density at radius 3 is 2.73 bits per heavy atom. The minimum atomic E-state index is -0.263. The van der Waals surface area contributed by atoms with Crippen molar-refractivity contribution in [2.24, 2.45) is 0 Å². The van der Waals surface area contributed by atoms with Gasteiger partial charge < -0.3 is 9.88 Å². The molecule has 30 heavy (non-hydrogen) atoms. The van der Waals surface area contributed by atoms with Gasteiger partial charge in [-0.2, -0.15) is 5.26 Å². The zero-order valence-corrected chi connectivity index (χ0v) is 15.9. The van der Waals surface area contributed by atoms with Gasteiger partial charge >= 0.3 is 0 Å². The number of rotatable bonds is 3. The van der Waals surface area contributed by atoms with Crippen LogP contribution in [-0.2, 0) is 0 Å². The molecule has 5 rings (SSSR count). The first-order chi connectivity index (χ1) is 14.6. The Hall–Kier alpha value is -4.51. The van der Waals surface area contributed by atoms with Crippen molar-refractivity contribution in [2.75, 3.05) is 11.9 Å². The molecule has 0 unspecified atom stereocenters. The number of hydrogen-bond acceptors (Lipinski definition) is 5. The van der Waals surface area contributed by atoms with Gasteiger partial charge in [0.1, 0.15) is 11.3 Å². The quantitative estimate of drug-likeness (QED) is 0.506. The number of nitrogens with one attached hydrogen (secondary N) is 1. The fraction of sp³-hybridized carbons (Fsp3) is 0.0455. The van der Waals surface area contributed by atoms with Crippen LogP contribution in [0.4, 0.5) is 5.69 Å². The number of amides is 1. The van der Waals surface area contributed by atoms with Gasteiger partial charge in [-0.05, 0) is 36.4 Å². The van der Waals surface area contributed by atoms with E-state index < -0.39 is 0 Å². The van der Waals surface area contributed by atoms with Gasteiger partial charge in [-0.3, -0.25) is 9.20 Å². The van der Waals surface area contributed by atoms with Crippen molar-refractivity contribution in [1.29, 1.82) is 5.26 Å². The number of aromatic amines is 1. The molecule has 0 saturated heterocycles. The van der Waals surface area contributed by atoms with E-state index in [2.05, 4.69) is 26.0 Å². The maximum Gasteiger partial charge on any atom is 0.278 e. The van der Waals surface area contributed by atoms with E-state index in [1.54, 1.807) is 56.1 Å². The zero-order chi connectivity index (χ0) is 20.7. The molecule has 8 heteroatoms. The van der Waals surface area contributed by atoms with Crippen molar-refractivity contribution in [3.63, 3.8) is 0 Å². The summed E-state index contributed by atoms with van der Waals surface area (Å²) >= 11 is 0. The highest BCUT2D eigenvalue weighted by Gasteiger charge is 2.17. The van der Waals surface area contributed by atoms with Crippen molar-refractivity contribution in [1.82, 2.24) is 24.3 Å². The molecule has 1 amide bonds. The summed E-state index contributed by atoms with van der Waals surface area (Å²) in [7, 11) is 1.67. The van der Waals surface area contributed by atoms with Crippen LogP contribution in [0.2, 0.25) is 0 Å². The molecule has 0 atom stereocenters. The molecule has 4 aromatic heterocycles. The molecule has 0 saturated carbocycles. The first-order valence-electron chi connectivity index (χ1n) is 9.19. The van der Waals surface area contributed by atoms with Crippen molar-refractivity contribution >= 4 is 28.3 Å². The lowest BCUT2D eigenvalue weighted by atomic mass is 10.2. The predicted octanol–water partition coefficient (Wildman–Crippen LogP) is 3.42. The molecule has 0 fully saturated rings. The van der Waals surface area contributed by atoms with Crippen LogP contribution in [0.15, 0.2) is 67.4 Å². The summed E-state index contributed by atoms with van der Waals surface area (Å²) in [4.78, 5) is 30.7. The van der Waals surface area contributed by atoms with E-state index in [0.29, 0.717) is 16.9 Å². The molecule has 0 bridgehead atoms. The van der Waals surface area contributed by atoms with Gasteiger partial charge in [0, 0.05) is 42.3 Å². The van der Waals surface area contributed by atoms with E-state index in [4.69, 9.17) is 5.26 Å².